The minimum absolute atomic E-state index is 0. The van der Waals surface area contributed by atoms with Gasteiger partial charge in [0.05, 0.1) is 20.8 Å². The van der Waals surface area contributed by atoms with E-state index < -0.39 is 0 Å². The van der Waals surface area contributed by atoms with Gasteiger partial charge in [-0.05, 0) is 24.6 Å². The van der Waals surface area contributed by atoms with Gasteiger partial charge in [-0.3, -0.25) is 0 Å². The summed E-state index contributed by atoms with van der Waals surface area (Å²) in [5.74, 6) is 1.23. The third-order valence-corrected chi connectivity index (χ3v) is 3.27. The van der Waals surface area contributed by atoms with E-state index in [1.54, 1.807) is 14.2 Å². The lowest BCUT2D eigenvalue weighted by Crippen LogP contribution is -3.00. The Morgan fingerprint density at radius 2 is 1.90 bits per heavy atom. The van der Waals surface area contributed by atoms with Gasteiger partial charge in [-0.1, -0.05) is 0 Å². The number of fused-ring (bicyclic) bond motifs is 1. The number of ether oxygens (including phenoxy) is 3. The van der Waals surface area contributed by atoms with Crippen LogP contribution in [0.1, 0.15) is 18.1 Å². The van der Waals surface area contributed by atoms with E-state index in [1.165, 1.54) is 5.56 Å². The summed E-state index contributed by atoms with van der Waals surface area (Å²) < 4.78 is 17.5. The van der Waals surface area contributed by atoms with Crippen LogP contribution >= 0.6 is 0 Å². The molecule has 1 aromatic rings. The molecule has 0 spiro atoms. The molecule has 0 fully saturated rings. The maximum atomic E-state index is 11.5. The zero-order valence-corrected chi connectivity index (χ0v) is 14.1. The fraction of sp³-hybridized carbons (Fsp3) is 0.467. The van der Waals surface area contributed by atoms with Crippen LogP contribution in [0.3, 0.4) is 0 Å². The van der Waals surface area contributed by atoms with Crippen molar-refractivity contribution in [3.63, 3.8) is 0 Å². The first-order valence-corrected chi connectivity index (χ1v) is 6.67. The van der Waals surface area contributed by atoms with Crippen molar-refractivity contribution in [2.24, 2.45) is 0 Å². The summed E-state index contributed by atoms with van der Waals surface area (Å²) >= 11 is 0. The van der Waals surface area contributed by atoms with Gasteiger partial charge in [0.15, 0.2) is 17.7 Å². The van der Waals surface area contributed by atoms with E-state index in [4.69, 9.17) is 14.2 Å². The number of carbonyl (C=O) groups excluding carboxylic acids is 1. The SMILES string of the molecule is CCOC(=O)C[N+]1=Cc2cc(OC)c(OC)cc2CC1.[Br-]. The standard InChI is InChI=1S/C15H20NO4.BrH/c1-4-20-15(17)10-16-6-5-11-7-13(18-2)14(19-3)8-12(11)9-16;/h7-9H,4-6,10H2,1-3H3;1H/q+1;/p-1. The normalized spacial score (nSPS) is 12.6. The summed E-state index contributed by atoms with van der Waals surface area (Å²) in [7, 11) is 3.24. The van der Waals surface area contributed by atoms with Gasteiger partial charge < -0.3 is 31.2 Å². The van der Waals surface area contributed by atoms with Crippen molar-refractivity contribution in [3.05, 3.63) is 23.3 Å². The number of methoxy groups -OCH3 is 2. The number of nitrogens with zero attached hydrogens (tertiary/aromatic N) is 1. The predicted molar refractivity (Wildman–Crippen MR) is 75.0 cm³/mol. The van der Waals surface area contributed by atoms with E-state index in [1.807, 2.05) is 29.8 Å². The predicted octanol–water partition coefficient (Wildman–Crippen LogP) is -1.74. The topological polar surface area (TPSA) is 47.8 Å². The first-order chi connectivity index (χ1) is 9.67. The molecule has 1 aliphatic rings. The second kappa shape index (κ2) is 8.02. The van der Waals surface area contributed by atoms with Crippen molar-refractivity contribution in [3.8, 4) is 11.5 Å². The van der Waals surface area contributed by atoms with Gasteiger partial charge in [-0.15, -0.1) is 0 Å². The highest BCUT2D eigenvalue weighted by Gasteiger charge is 2.21. The molecule has 0 bridgehead atoms. The number of benzene rings is 1. The van der Waals surface area contributed by atoms with Gasteiger partial charge in [0.2, 0.25) is 6.54 Å². The molecule has 0 radical (unpaired) electrons. The number of halogens is 1. The second-order valence-corrected chi connectivity index (χ2v) is 4.56. The van der Waals surface area contributed by atoms with E-state index >= 15 is 0 Å². The average Bonchev–Trinajstić information content (AvgIpc) is 2.45. The van der Waals surface area contributed by atoms with Gasteiger partial charge in [0, 0.05) is 12.0 Å². The van der Waals surface area contributed by atoms with Crippen LogP contribution in [0.25, 0.3) is 0 Å². The molecule has 0 aliphatic carbocycles. The summed E-state index contributed by atoms with van der Waals surface area (Å²) in [6, 6.07) is 3.93. The molecule has 0 unspecified atom stereocenters. The maximum Gasteiger partial charge on any atom is 0.372 e. The van der Waals surface area contributed by atoms with Crippen molar-refractivity contribution < 1.29 is 40.6 Å². The Bertz CT molecular complexity index is 543. The molecule has 21 heavy (non-hydrogen) atoms. The summed E-state index contributed by atoms with van der Waals surface area (Å²) in [4.78, 5) is 11.5. The molecule has 1 aromatic carbocycles. The number of hydrogen-bond acceptors (Lipinski definition) is 4. The van der Waals surface area contributed by atoms with Gasteiger partial charge >= 0.3 is 5.97 Å². The van der Waals surface area contributed by atoms with Crippen LogP contribution in [0.5, 0.6) is 11.5 Å². The molecule has 5 nitrogen and oxygen atoms in total. The molecule has 0 amide bonds. The van der Waals surface area contributed by atoms with Crippen LogP contribution in [0.4, 0.5) is 0 Å². The zero-order valence-electron chi connectivity index (χ0n) is 12.5. The smallest absolute Gasteiger partial charge is 0.372 e. The van der Waals surface area contributed by atoms with Crippen molar-refractivity contribution >= 4 is 12.2 Å². The quantitative estimate of drug-likeness (QED) is 0.463. The molecule has 2 rings (SSSR count). The molecule has 1 heterocycles. The minimum Gasteiger partial charge on any atom is -1.00 e. The first-order valence-electron chi connectivity index (χ1n) is 6.67. The lowest BCUT2D eigenvalue weighted by Gasteiger charge is -2.15. The molecule has 116 valence electrons. The molecular formula is C15H20BrNO4. The number of carbonyl (C=O) groups is 1. The molecule has 0 saturated carbocycles. The lowest BCUT2D eigenvalue weighted by molar-refractivity contribution is -0.514. The lowest BCUT2D eigenvalue weighted by atomic mass is 10.0. The molecule has 0 saturated heterocycles. The summed E-state index contributed by atoms with van der Waals surface area (Å²) in [5, 5.41) is 0. The van der Waals surface area contributed by atoms with Crippen LogP contribution in [0.15, 0.2) is 12.1 Å². The van der Waals surface area contributed by atoms with Gasteiger partial charge in [-0.2, -0.15) is 0 Å². The van der Waals surface area contributed by atoms with E-state index in [-0.39, 0.29) is 29.5 Å². The Kier molecular flexibility index (Phi) is 6.68. The summed E-state index contributed by atoms with van der Waals surface area (Å²) in [5.41, 5.74) is 2.25. The Labute approximate surface area is 135 Å². The monoisotopic (exact) mass is 357 g/mol. The van der Waals surface area contributed by atoms with Crippen LogP contribution in [-0.2, 0) is 16.0 Å². The summed E-state index contributed by atoms with van der Waals surface area (Å²) in [6.45, 7) is 3.29. The molecule has 0 N–H and O–H groups in total. The number of esters is 1. The van der Waals surface area contributed by atoms with Gasteiger partial charge in [0.25, 0.3) is 0 Å². The van der Waals surface area contributed by atoms with Crippen LogP contribution in [0.2, 0.25) is 0 Å². The van der Waals surface area contributed by atoms with Crippen LogP contribution in [-0.4, -0.2) is 50.7 Å². The third kappa shape index (κ3) is 4.20. The largest absolute Gasteiger partial charge is 1.00 e. The Balaban J connectivity index is 0.00000220. The number of rotatable bonds is 5. The molecule has 0 atom stereocenters. The average molecular weight is 358 g/mol. The van der Waals surface area contributed by atoms with Crippen LogP contribution < -0.4 is 26.5 Å². The van der Waals surface area contributed by atoms with Crippen molar-refractivity contribution in [2.75, 3.05) is 33.9 Å². The van der Waals surface area contributed by atoms with E-state index in [2.05, 4.69) is 0 Å². The maximum absolute atomic E-state index is 11.5. The molecular weight excluding hydrogens is 338 g/mol. The first kappa shape index (κ1) is 17.5. The Hall–Kier alpha value is -1.56. The zero-order chi connectivity index (χ0) is 14.5. The van der Waals surface area contributed by atoms with E-state index in [0.717, 1.165) is 24.3 Å². The highest BCUT2D eigenvalue weighted by molar-refractivity contribution is 5.81. The number of hydrogen-bond donors (Lipinski definition) is 0. The molecule has 6 heteroatoms. The minimum atomic E-state index is -0.201. The molecule has 0 aromatic heterocycles. The van der Waals surface area contributed by atoms with Gasteiger partial charge in [-0.25, -0.2) is 9.37 Å². The highest BCUT2D eigenvalue weighted by Crippen LogP contribution is 2.31. The molecule has 1 aliphatic heterocycles. The fourth-order valence-corrected chi connectivity index (χ4v) is 2.30. The van der Waals surface area contributed by atoms with Crippen molar-refractivity contribution in [1.29, 1.82) is 0 Å². The third-order valence-electron chi connectivity index (χ3n) is 3.27. The van der Waals surface area contributed by atoms with Crippen molar-refractivity contribution in [2.45, 2.75) is 13.3 Å². The Morgan fingerprint density at radius 3 is 2.52 bits per heavy atom. The fourth-order valence-electron chi connectivity index (χ4n) is 2.30. The highest BCUT2D eigenvalue weighted by atomic mass is 79.9. The van der Waals surface area contributed by atoms with Crippen LogP contribution in [0, 0.1) is 0 Å². The van der Waals surface area contributed by atoms with Crippen molar-refractivity contribution in [1.82, 2.24) is 0 Å². The summed E-state index contributed by atoms with van der Waals surface area (Å²) in [6.07, 6.45) is 2.84. The van der Waals surface area contributed by atoms with E-state index in [9.17, 15) is 4.79 Å². The van der Waals surface area contributed by atoms with Gasteiger partial charge in [0.1, 0.15) is 6.54 Å². The Morgan fingerprint density at radius 1 is 1.24 bits per heavy atom. The van der Waals surface area contributed by atoms with E-state index in [0.29, 0.717) is 12.4 Å². The second-order valence-electron chi connectivity index (χ2n) is 4.56.